The Bertz CT molecular complexity index is 671. The van der Waals surface area contributed by atoms with Gasteiger partial charge in [0, 0.05) is 18.2 Å². The van der Waals surface area contributed by atoms with E-state index in [1.807, 2.05) is 0 Å². The Balaban J connectivity index is 0.00000288. The van der Waals surface area contributed by atoms with Crippen LogP contribution in [0.4, 0.5) is 0 Å². The average Bonchev–Trinajstić information content (AvgIpc) is 2.95. The summed E-state index contributed by atoms with van der Waals surface area (Å²) >= 11 is 0. The van der Waals surface area contributed by atoms with Crippen LogP contribution >= 0.6 is 12.4 Å². The predicted octanol–water partition coefficient (Wildman–Crippen LogP) is 1.80. The van der Waals surface area contributed by atoms with E-state index >= 15 is 0 Å². The van der Waals surface area contributed by atoms with E-state index in [0.717, 1.165) is 25.7 Å². The van der Waals surface area contributed by atoms with E-state index in [0.29, 0.717) is 12.1 Å². The topological polar surface area (TPSA) is 101 Å². The lowest BCUT2D eigenvalue weighted by atomic mass is 9.97. The molecule has 6 nitrogen and oxygen atoms in total. The first-order valence-corrected chi connectivity index (χ1v) is 9.41. The maximum Gasteiger partial charge on any atom is 0.251 e. The predicted molar refractivity (Wildman–Crippen MR) is 96.9 cm³/mol. The first kappa shape index (κ1) is 20.9. The van der Waals surface area contributed by atoms with Crippen LogP contribution in [0, 0.1) is 0 Å². The Hall–Kier alpha value is -1.15. The molecule has 0 atom stereocenters. The van der Waals surface area contributed by atoms with Crippen molar-refractivity contribution in [2.24, 2.45) is 5.73 Å². The standard InChI is InChI=1S/C16H25N3O3S.ClH/c1-12(2)19-23(21,22)14-7-5-6-13(10-14)15(20)18-16(11-17)8-3-4-9-16;/h5-7,10,12,19H,3-4,8-9,11,17H2,1-2H3,(H,18,20);1H. The van der Waals surface area contributed by atoms with Gasteiger partial charge in [0.2, 0.25) is 10.0 Å². The highest BCUT2D eigenvalue weighted by Crippen LogP contribution is 2.29. The van der Waals surface area contributed by atoms with Crippen LogP contribution < -0.4 is 15.8 Å². The molecule has 4 N–H and O–H groups in total. The molecule has 1 saturated carbocycles. The normalized spacial score (nSPS) is 16.7. The van der Waals surface area contributed by atoms with Crippen molar-refractivity contribution in [2.45, 2.75) is 56.0 Å². The van der Waals surface area contributed by atoms with Crippen LogP contribution in [0.25, 0.3) is 0 Å². The number of carbonyl (C=O) groups is 1. The molecule has 0 unspecified atom stereocenters. The van der Waals surface area contributed by atoms with Crippen molar-refractivity contribution in [3.8, 4) is 0 Å². The highest BCUT2D eigenvalue weighted by atomic mass is 35.5. The summed E-state index contributed by atoms with van der Waals surface area (Å²) in [4.78, 5) is 12.6. The Kier molecular flexibility index (Phi) is 7.22. The molecule has 1 aromatic rings. The van der Waals surface area contributed by atoms with Gasteiger partial charge in [-0.25, -0.2) is 13.1 Å². The van der Waals surface area contributed by atoms with Crippen LogP contribution in [0.15, 0.2) is 29.2 Å². The number of rotatable bonds is 6. The first-order chi connectivity index (χ1) is 10.8. The Labute approximate surface area is 150 Å². The quantitative estimate of drug-likeness (QED) is 0.705. The lowest BCUT2D eigenvalue weighted by molar-refractivity contribution is 0.0903. The van der Waals surface area contributed by atoms with Crippen LogP contribution in [0.3, 0.4) is 0 Å². The zero-order valence-electron chi connectivity index (χ0n) is 14.0. The van der Waals surface area contributed by atoms with Crippen molar-refractivity contribution in [1.82, 2.24) is 10.0 Å². The molecule has 1 fully saturated rings. The molecule has 24 heavy (non-hydrogen) atoms. The van der Waals surface area contributed by atoms with Crippen molar-refractivity contribution in [3.05, 3.63) is 29.8 Å². The van der Waals surface area contributed by atoms with Gasteiger partial charge in [-0.05, 0) is 44.9 Å². The van der Waals surface area contributed by atoms with Crippen LogP contribution in [0.2, 0.25) is 0 Å². The van der Waals surface area contributed by atoms with Gasteiger partial charge < -0.3 is 11.1 Å². The number of amides is 1. The second-order valence-electron chi connectivity index (χ2n) is 6.45. The SMILES string of the molecule is CC(C)NS(=O)(=O)c1cccc(C(=O)NC2(CN)CCCC2)c1.Cl. The van der Waals surface area contributed by atoms with E-state index < -0.39 is 10.0 Å². The summed E-state index contributed by atoms with van der Waals surface area (Å²) in [5.41, 5.74) is 5.80. The molecule has 2 rings (SSSR count). The molecule has 0 saturated heterocycles. The molecular weight excluding hydrogens is 350 g/mol. The summed E-state index contributed by atoms with van der Waals surface area (Å²) in [7, 11) is -3.62. The molecule has 1 aliphatic carbocycles. The van der Waals surface area contributed by atoms with E-state index in [2.05, 4.69) is 10.0 Å². The molecule has 1 aromatic carbocycles. The molecule has 0 heterocycles. The molecule has 0 bridgehead atoms. The largest absolute Gasteiger partial charge is 0.345 e. The number of nitrogens with two attached hydrogens (primary N) is 1. The zero-order chi connectivity index (χ0) is 17.1. The molecule has 0 spiro atoms. The summed E-state index contributed by atoms with van der Waals surface area (Å²) in [5, 5.41) is 3.00. The summed E-state index contributed by atoms with van der Waals surface area (Å²) in [5.74, 6) is -0.279. The van der Waals surface area contributed by atoms with Gasteiger partial charge in [-0.15, -0.1) is 12.4 Å². The summed E-state index contributed by atoms with van der Waals surface area (Å²) in [6.07, 6.45) is 3.82. The van der Waals surface area contributed by atoms with Crippen LogP contribution in [0.5, 0.6) is 0 Å². The van der Waals surface area contributed by atoms with Crippen molar-refractivity contribution in [1.29, 1.82) is 0 Å². The van der Waals surface area contributed by atoms with Gasteiger partial charge in [0.25, 0.3) is 5.91 Å². The highest BCUT2D eigenvalue weighted by molar-refractivity contribution is 7.89. The average molecular weight is 376 g/mol. The molecule has 1 amide bonds. The third kappa shape index (κ3) is 4.92. The minimum absolute atomic E-state index is 0. The van der Waals surface area contributed by atoms with Crippen molar-refractivity contribution < 1.29 is 13.2 Å². The number of carbonyl (C=O) groups excluding carboxylic acids is 1. The van der Waals surface area contributed by atoms with E-state index in [1.54, 1.807) is 26.0 Å². The first-order valence-electron chi connectivity index (χ1n) is 7.93. The lowest BCUT2D eigenvalue weighted by Crippen LogP contribution is -2.51. The monoisotopic (exact) mass is 375 g/mol. The van der Waals surface area contributed by atoms with Gasteiger partial charge in [0.1, 0.15) is 0 Å². The van der Waals surface area contributed by atoms with E-state index in [1.165, 1.54) is 12.1 Å². The van der Waals surface area contributed by atoms with Crippen molar-refractivity contribution in [2.75, 3.05) is 6.54 Å². The maximum absolute atomic E-state index is 12.5. The molecule has 0 aliphatic heterocycles. The van der Waals surface area contributed by atoms with Crippen LogP contribution in [-0.4, -0.2) is 32.5 Å². The third-order valence-corrected chi connectivity index (χ3v) is 5.78. The number of nitrogens with one attached hydrogen (secondary N) is 2. The molecule has 0 aromatic heterocycles. The highest BCUT2D eigenvalue weighted by Gasteiger charge is 2.34. The van der Waals surface area contributed by atoms with Gasteiger partial charge in [0.05, 0.1) is 10.4 Å². The fraction of sp³-hybridized carbons (Fsp3) is 0.562. The summed E-state index contributed by atoms with van der Waals surface area (Å²) < 4.78 is 27.0. The third-order valence-electron chi connectivity index (χ3n) is 4.13. The number of hydrogen-bond acceptors (Lipinski definition) is 4. The van der Waals surface area contributed by atoms with Crippen molar-refractivity contribution in [3.63, 3.8) is 0 Å². The zero-order valence-corrected chi connectivity index (χ0v) is 15.7. The maximum atomic E-state index is 12.5. The number of halogens is 1. The lowest BCUT2D eigenvalue weighted by Gasteiger charge is -2.28. The molecule has 0 radical (unpaired) electrons. The summed E-state index contributed by atoms with van der Waals surface area (Å²) in [6.45, 7) is 3.89. The molecule has 8 heteroatoms. The van der Waals surface area contributed by atoms with Gasteiger partial charge in [-0.3, -0.25) is 4.79 Å². The second-order valence-corrected chi connectivity index (χ2v) is 8.16. The van der Waals surface area contributed by atoms with Gasteiger partial charge in [0.15, 0.2) is 0 Å². The summed E-state index contributed by atoms with van der Waals surface area (Å²) in [6, 6.07) is 5.86. The van der Waals surface area contributed by atoms with Gasteiger partial charge >= 0.3 is 0 Å². The number of hydrogen-bond donors (Lipinski definition) is 3. The Morgan fingerprint density at radius 1 is 1.29 bits per heavy atom. The smallest absolute Gasteiger partial charge is 0.251 e. The van der Waals surface area contributed by atoms with E-state index in [9.17, 15) is 13.2 Å². The van der Waals surface area contributed by atoms with E-state index in [4.69, 9.17) is 5.73 Å². The Morgan fingerprint density at radius 2 is 1.92 bits per heavy atom. The van der Waals surface area contributed by atoms with Gasteiger partial charge in [-0.1, -0.05) is 18.9 Å². The van der Waals surface area contributed by atoms with Gasteiger partial charge in [-0.2, -0.15) is 0 Å². The fourth-order valence-electron chi connectivity index (χ4n) is 2.93. The van der Waals surface area contributed by atoms with Crippen molar-refractivity contribution >= 4 is 28.3 Å². The minimum Gasteiger partial charge on any atom is -0.345 e. The van der Waals surface area contributed by atoms with E-state index in [-0.39, 0.29) is 34.8 Å². The molecule has 1 aliphatic rings. The minimum atomic E-state index is -3.62. The second kappa shape index (κ2) is 8.29. The molecular formula is C16H26ClN3O3S. The van der Waals surface area contributed by atoms with Crippen LogP contribution in [-0.2, 0) is 10.0 Å². The molecule has 136 valence electrons. The number of sulfonamides is 1. The Morgan fingerprint density at radius 3 is 2.46 bits per heavy atom. The van der Waals surface area contributed by atoms with Crippen LogP contribution in [0.1, 0.15) is 49.9 Å². The fourth-order valence-corrected chi connectivity index (χ4v) is 4.22. The number of benzene rings is 1.